The Bertz CT molecular complexity index is 529. The minimum atomic E-state index is 0.110. The monoisotopic (exact) mass is 259 g/mol. The summed E-state index contributed by atoms with van der Waals surface area (Å²) in [7, 11) is 0. The van der Waals surface area contributed by atoms with Crippen LogP contribution >= 0.6 is 0 Å². The summed E-state index contributed by atoms with van der Waals surface area (Å²) in [5, 5.41) is 0. The van der Waals surface area contributed by atoms with Gasteiger partial charge in [-0.15, -0.1) is 0 Å². The average Bonchev–Trinajstić information content (AvgIpc) is 2.71. The molecule has 1 aromatic carbocycles. The highest BCUT2D eigenvalue weighted by Gasteiger charge is 2.10. The van der Waals surface area contributed by atoms with Crippen LogP contribution < -0.4 is 10.5 Å². The Kier molecular flexibility index (Phi) is 4.22. The smallest absolute Gasteiger partial charge is 0.119 e. The number of ether oxygens (including phenoxy) is 1. The number of aryl methyl sites for hydroxylation is 1. The molecule has 0 amide bonds. The van der Waals surface area contributed by atoms with E-state index in [0.29, 0.717) is 6.61 Å². The molecule has 0 aliphatic rings. The molecular formula is C15H21N3O. The van der Waals surface area contributed by atoms with Crippen LogP contribution in [0.3, 0.4) is 0 Å². The molecule has 0 radical (unpaired) electrons. The van der Waals surface area contributed by atoms with Gasteiger partial charge in [-0.1, -0.05) is 0 Å². The summed E-state index contributed by atoms with van der Waals surface area (Å²) in [6.07, 6.45) is 0.762. The van der Waals surface area contributed by atoms with Crippen molar-refractivity contribution in [2.75, 3.05) is 6.61 Å². The largest absolute Gasteiger partial charge is 0.494 e. The van der Waals surface area contributed by atoms with Gasteiger partial charge in [0.15, 0.2) is 0 Å². The molecule has 0 spiro atoms. The molecule has 1 atom stereocenters. The molecule has 102 valence electrons. The van der Waals surface area contributed by atoms with Crippen LogP contribution in [-0.2, 0) is 6.42 Å². The number of hydrogen-bond acceptors (Lipinski definition) is 3. The molecule has 4 heteroatoms. The number of nitrogens with zero attached hydrogens (tertiary/aromatic N) is 1. The van der Waals surface area contributed by atoms with Gasteiger partial charge in [0.25, 0.3) is 0 Å². The molecule has 0 saturated carbocycles. The maximum atomic E-state index is 5.80. The lowest BCUT2D eigenvalue weighted by Gasteiger charge is -2.04. The zero-order valence-electron chi connectivity index (χ0n) is 11.7. The minimum absolute atomic E-state index is 0.110. The summed E-state index contributed by atoms with van der Waals surface area (Å²) in [6, 6.07) is 8.11. The molecule has 19 heavy (non-hydrogen) atoms. The van der Waals surface area contributed by atoms with Gasteiger partial charge in [-0.05, 0) is 45.0 Å². The van der Waals surface area contributed by atoms with Gasteiger partial charge in [0.05, 0.1) is 12.3 Å². The zero-order chi connectivity index (χ0) is 13.8. The molecule has 1 aromatic heterocycles. The third kappa shape index (κ3) is 3.35. The molecule has 0 aliphatic carbocycles. The van der Waals surface area contributed by atoms with Gasteiger partial charge in [-0.25, -0.2) is 4.98 Å². The van der Waals surface area contributed by atoms with E-state index >= 15 is 0 Å². The fourth-order valence-corrected chi connectivity index (χ4v) is 2.08. The van der Waals surface area contributed by atoms with Crippen LogP contribution in [0.15, 0.2) is 24.3 Å². The van der Waals surface area contributed by atoms with Gasteiger partial charge in [0, 0.05) is 23.7 Å². The first kappa shape index (κ1) is 13.6. The van der Waals surface area contributed by atoms with Crippen molar-refractivity contribution in [3.63, 3.8) is 0 Å². The van der Waals surface area contributed by atoms with E-state index in [1.165, 1.54) is 0 Å². The molecular weight excluding hydrogens is 238 g/mol. The van der Waals surface area contributed by atoms with Crippen LogP contribution in [0.4, 0.5) is 0 Å². The highest BCUT2D eigenvalue weighted by molar-refractivity contribution is 5.62. The molecule has 0 saturated heterocycles. The van der Waals surface area contributed by atoms with Crippen molar-refractivity contribution in [2.45, 2.75) is 33.2 Å². The summed E-state index contributed by atoms with van der Waals surface area (Å²) in [4.78, 5) is 7.91. The number of aromatic amines is 1. The van der Waals surface area contributed by atoms with E-state index in [1.54, 1.807) is 0 Å². The first-order chi connectivity index (χ1) is 9.10. The fourth-order valence-electron chi connectivity index (χ4n) is 2.08. The number of hydrogen-bond donors (Lipinski definition) is 2. The number of nitrogens with two attached hydrogens (primary N) is 1. The Morgan fingerprint density at radius 3 is 2.58 bits per heavy atom. The number of imidazole rings is 1. The molecule has 0 bridgehead atoms. The van der Waals surface area contributed by atoms with Gasteiger partial charge in [0.1, 0.15) is 11.6 Å². The predicted octanol–water partition coefficient (Wildman–Crippen LogP) is 2.67. The van der Waals surface area contributed by atoms with E-state index in [1.807, 2.05) is 45.0 Å². The van der Waals surface area contributed by atoms with E-state index in [2.05, 4.69) is 9.97 Å². The second-order valence-electron chi connectivity index (χ2n) is 4.80. The van der Waals surface area contributed by atoms with Crippen molar-refractivity contribution in [1.29, 1.82) is 0 Å². The third-order valence-corrected chi connectivity index (χ3v) is 2.89. The molecule has 4 nitrogen and oxygen atoms in total. The van der Waals surface area contributed by atoms with Crippen molar-refractivity contribution >= 4 is 0 Å². The SMILES string of the molecule is CCOc1ccc(-c2nc(CC(C)N)[nH]c2C)cc1. The van der Waals surface area contributed by atoms with E-state index in [9.17, 15) is 0 Å². The quantitative estimate of drug-likeness (QED) is 0.867. The molecule has 0 aliphatic heterocycles. The van der Waals surface area contributed by atoms with Crippen molar-refractivity contribution in [3.05, 3.63) is 35.8 Å². The summed E-state index contributed by atoms with van der Waals surface area (Å²) in [5.41, 5.74) is 8.94. The highest BCUT2D eigenvalue weighted by Crippen LogP contribution is 2.24. The first-order valence-electron chi connectivity index (χ1n) is 6.64. The predicted molar refractivity (Wildman–Crippen MR) is 77.3 cm³/mol. The molecule has 1 unspecified atom stereocenters. The van der Waals surface area contributed by atoms with Gasteiger partial charge in [-0.2, -0.15) is 0 Å². The van der Waals surface area contributed by atoms with Crippen molar-refractivity contribution in [3.8, 4) is 17.0 Å². The van der Waals surface area contributed by atoms with Crippen LogP contribution in [-0.4, -0.2) is 22.6 Å². The third-order valence-electron chi connectivity index (χ3n) is 2.89. The van der Waals surface area contributed by atoms with E-state index in [4.69, 9.17) is 10.5 Å². The number of nitrogens with one attached hydrogen (secondary N) is 1. The average molecular weight is 259 g/mol. The standard InChI is InChI=1S/C15H21N3O/c1-4-19-13-7-5-12(6-8-13)15-11(3)17-14(18-15)9-10(2)16/h5-8,10H,4,9,16H2,1-3H3,(H,17,18). The van der Waals surface area contributed by atoms with Gasteiger partial charge in [0.2, 0.25) is 0 Å². The molecule has 2 rings (SSSR count). The van der Waals surface area contributed by atoms with Crippen LogP contribution in [0.25, 0.3) is 11.3 Å². The fraction of sp³-hybridized carbons (Fsp3) is 0.400. The Balaban J connectivity index is 2.23. The summed E-state index contributed by atoms with van der Waals surface area (Å²) in [5.74, 6) is 1.83. The van der Waals surface area contributed by atoms with Gasteiger partial charge >= 0.3 is 0 Å². The normalized spacial score (nSPS) is 12.4. The topological polar surface area (TPSA) is 63.9 Å². The molecule has 2 aromatic rings. The van der Waals surface area contributed by atoms with E-state index in [0.717, 1.165) is 34.9 Å². The van der Waals surface area contributed by atoms with Crippen molar-refractivity contribution in [2.24, 2.45) is 5.73 Å². The van der Waals surface area contributed by atoms with Crippen molar-refractivity contribution in [1.82, 2.24) is 9.97 Å². The van der Waals surface area contributed by atoms with Crippen molar-refractivity contribution < 1.29 is 4.74 Å². The summed E-state index contributed by atoms with van der Waals surface area (Å²) in [6.45, 7) is 6.67. The molecule has 3 N–H and O–H groups in total. The summed E-state index contributed by atoms with van der Waals surface area (Å²) < 4.78 is 5.44. The minimum Gasteiger partial charge on any atom is -0.494 e. The van der Waals surface area contributed by atoms with Gasteiger partial charge in [-0.3, -0.25) is 0 Å². The lowest BCUT2D eigenvalue weighted by atomic mass is 10.1. The maximum absolute atomic E-state index is 5.80. The number of rotatable bonds is 5. The van der Waals surface area contributed by atoms with E-state index in [-0.39, 0.29) is 6.04 Å². The Labute approximate surface area is 114 Å². The second-order valence-corrected chi connectivity index (χ2v) is 4.80. The van der Waals surface area contributed by atoms with Crippen LogP contribution in [0.2, 0.25) is 0 Å². The van der Waals surface area contributed by atoms with Gasteiger partial charge < -0.3 is 15.5 Å². The molecule has 1 heterocycles. The van der Waals surface area contributed by atoms with E-state index < -0.39 is 0 Å². The lowest BCUT2D eigenvalue weighted by molar-refractivity contribution is 0.340. The number of benzene rings is 1. The highest BCUT2D eigenvalue weighted by atomic mass is 16.5. The lowest BCUT2D eigenvalue weighted by Crippen LogP contribution is -2.18. The molecule has 0 fully saturated rings. The maximum Gasteiger partial charge on any atom is 0.119 e. The zero-order valence-corrected chi connectivity index (χ0v) is 11.7. The van der Waals surface area contributed by atoms with Crippen LogP contribution in [0, 0.1) is 6.92 Å². The second kappa shape index (κ2) is 5.89. The Hall–Kier alpha value is -1.81. The Morgan fingerprint density at radius 1 is 1.32 bits per heavy atom. The first-order valence-corrected chi connectivity index (χ1v) is 6.64. The van der Waals surface area contributed by atoms with Crippen LogP contribution in [0.1, 0.15) is 25.4 Å². The Morgan fingerprint density at radius 2 is 2.00 bits per heavy atom. The van der Waals surface area contributed by atoms with Crippen LogP contribution in [0.5, 0.6) is 5.75 Å². The summed E-state index contributed by atoms with van der Waals surface area (Å²) >= 11 is 0. The number of aromatic nitrogens is 2. The number of H-pyrrole nitrogens is 1.